The van der Waals surface area contributed by atoms with Crippen molar-refractivity contribution in [3.8, 4) is 11.1 Å². The number of hydrogen-bond acceptors (Lipinski definition) is 4. The van der Waals surface area contributed by atoms with Crippen LogP contribution >= 0.6 is 15.9 Å². The molecular formula is C26H22BrFN2O5. The molecule has 1 aliphatic carbocycles. The van der Waals surface area contributed by atoms with Crippen molar-refractivity contribution in [3.05, 3.63) is 87.6 Å². The molecule has 9 heteroatoms. The molecule has 1 atom stereocenters. The summed E-state index contributed by atoms with van der Waals surface area (Å²) in [5.74, 6) is -2.72. The Morgan fingerprint density at radius 3 is 2.26 bits per heavy atom. The van der Waals surface area contributed by atoms with Crippen molar-refractivity contribution in [2.45, 2.75) is 25.3 Å². The molecule has 35 heavy (non-hydrogen) atoms. The molecule has 3 aromatic rings. The number of rotatable bonds is 7. The number of anilines is 1. The van der Waals surface area contributed by atoms with Gasteiger partial charge in [0.05, 0.1) is 10.9 Å². The summed E-state index contributed by atoms with van der Waals surface area (Å²) in [4.78, 5) is 36.7. The van der Waals surface area contributed by atoms with E-state index in [4.69, 9.17) is 4.74 Å². The Balaban J connectivity index is 1.45. The topological polar surface area (TPSA) is 105 Å². The Hall–Kier alpha value is -3.72. The molecule has 0 bridgehead atoms. The highest BCUT2D eigenvalue weighted by Crippen LogP contribution is 2.44. The first-order chi connectivity index (χ1) is 16.7. The van der Waals surface area contributed by atoms with Crippen LogP contribution in [0.15, 0.2) is 65.1 Å². The van der Waals surface area contributed by atoms with Crippen molar-refractivity contribution >= 4 is 39.6 Å². The molecule has 180 valence electrons. The van der Waals surface area contributed by atoms with Crippen molar-refractivity contribution in [3.63, 3.8) is 0 Å². The van der Waals surface area contributed by atoms with Crippen LogP contribution in [0.25, 0.3) is 11.1 Å². The third-order valence-corrected chi connectivity index (χ3v) is 6.46. The third-order valence-electron chi connectivity index (χ3n) is 5.86. The van der Waals surface area contributed by atoms with Gasteiger partial charge in [0, 0.05) is 11.6 Å². The molecule has 0 heterocycles. The van der Waals surface area contributed by atoms with Crippen molar-refractivity contribution in [2.75, 3.05) is 11.9 Å². The highest BCUT2D eigenvalue weighted by Gasteiger charge is 2.30. The number of hydrogen-bond donors (Lipinski definition) is 3. The molecule has 1 unspecified atom stereocenters. The second-order valence-corrected chi connectivity index (χ2v) is 9.05. The lowest BCUT2D eigenvalue weighted by Gasteiger charge is -2.19. The minimum absolute atomic E-state index is 0.0191. The molecule has 3 aromatic carbocycles. The first kappa shape index (κ1) is 24.4. The largest absolute Gasteiger partial charge is 0.481 e. The summed E-state index contributed by atoms with van der Waals surface area (Å²) in [6.07, 6.45) is -1.57. The summed E-state index contributed by atoms with van der Waals surface area (Å²) < 4.78 is 19.3. The van der Waals surface area contributed by atoms with E-state index in [0.29, 0.717) is 5.56 Å². The molecule has 7 nitrogen and oxygen atoms in total. The number of aliphatic carboxylic acids is 1. The molecule has 3 N–H and O–H groups in total. The predicted octanol–water partition coefficient (Wildman–Crippen LogP) is 5.22. The molecule has 0 aliphatic heterocycles. The normalized spacial score (nSPS) is 12.9. The fourth-order valence-corrected chi connectivity index (χ4v) is 4.51. The first-order valence-electron chi connectivity index (χ1n) is 10.8. The van der Waals surface area contributed by atoms with E-state index < -0.39 is 36.2 Å². The first-order valence-corrected chi connectivity index (χ1v) is 11.6. The van der Waals surface area contributed by atoms with Crippen molar-refractivity contribution < 1.29 is 28.6 Å². The van der Waals surface area contributed by atoms with Gasteiger partial charge in [-0.25, -0.2) is 9.18 Å². The van der Waals surface area contributed by atoms with Gasteiger partial charge in [-0.3, -0.25) is 9.59 Å². The van der Waals surface area contributed by atoms with Gasteiger partial charge in [-0.2, -0.15) is 0 Å². The van der Waals surface area contributed by atoms with Crippen molar-refractivity contribution in [1.82, 2.24) is 5.32 Å². The van der Waals surface area contributed by atoms with Gasteiger partial charge in [0.2, 0.25) is 5.91 Å². The highest BCUT2D eigenvalue weighted by atomic mass is 79.9. The van der Waals surface area contributed by atoms with Crippen LogP contribution in [0.1, 0.15) is 29.0 Å². The number of fused-ring (bicyclic) bond motifs is 3. The average Bonchev–Trinajstić information content (AvgIpc) is 3.14. The van der Waals surface area contributed by atoms with Gasteiger partial charge in [-0.15, -0.1) is 0 Å². The molecule has 0 fully saturated rings. The van der Waals surface area contributed by atoms with Gasteiger partial charge in [0.1, 0.15) is 18.5 Å². The van der Waals surface area contributed by atoms with Crippen molar-refractivity contribution in [2.24, 2.45) is 0 Å². The molecule has 0 spiro atoms. The molecule has 0 aromatic heterocycles. The zero-order valence-electron chi connectivity index (χ0n) is 18.7. The molecule has 4 rings (SSSR count). The molecule has 0 saturated carbocycles. The second-order valence-electron chi connectivity index (χ2n) is 8.19. The maximum absolute atomic E-state index is 13.7. The molecular weight excluding hydrogens is 519 g/mol. The Morgan fingerprint density at radius 1 is 1.06 bits per heavy atom. The Labute approximate surface area is 209 Å². The number of benzene rings is 3. The van der Waals surface area contributed by atoms with Crippen LogP contribution < -0.4 is 10.6 Å². The zero-order valence-corrected chi connectivity index (χ0v) is 20.3. The fraction of sp³-hybridized carbons (Fsp3) is 0.192. The van der Waals surface area contributed by atoms with E-state index in [9.17, 15) is 23.9 Å². The Kier molecular flexibility index (Phi) is 7.16. The predicted molar refractivity (Wildman–Crippen MR) is 132 cm³/mol. The summed E-state index contributed by atoms with van der Waals surface area (Å²) in [5, 5.41) is 14.1. The van der Waals surface area contributed by atoms with Crippen LogP contribution in [-0.4, -0.2) is 35.7 Å². The van der Waals surface area contributed by atoms with Crippen LogP contribution in [0.2, 0.25) is 0 Å². The summed E-state index contributed by atoms with van der Waals surface area (Å²) in [5.41, 5.74) is 4.92. The Morgan fingerprint density at radius 2 is 1.66 bits per heavy atom. The molecule has 0 saturated heterocycles. The van der Waals surface area contributed by atoms with Gasteiger partial charge >= 0.3 is 12.1 Å². The van der Waals surface area contributed by atoms with Crippen LogP contribution in [0.5, 0.6) is 0 Å². The van der Waals surface area contributed by atoms with Crippen LogP contribution in [0.4, 0.5) is 14.9 Å². The standard InChI is InChI=1S/C26H22BrFN2O5/c1-14-10-21(28)20(27)11-22(14)29-25(33)23(12-24(31)32)30-26(34)35-13-19-17-8-4-2-6-15(17)16-7-3-5-9-18(16)19/h2-11,19,23H,12-13H2,1H3,(H,29,33)(H,30,34)(H,31,32). The summed E-state index contributed by atoms with van der Waals surface area (Å²) in [6, 6.07) is 16.9. The molecule has 2 amide bonds. The van der Waals surface area contributed by atoms with E-state index in [1.54, 1.807) is 6.92 Å². The minimum Gasteiger partial charge on any atom is -0.481 e. The van der Waals surface area contributed by atoms with E-state index in [0.717, 1.165) is 22.3 Å². The summed E-state index contributed by atoms with van der Waals surface area (Å²) in [7, 11) is 0. The second kappa shape index (κ2) is 10.3. The third kappa shape index (κ3) is 5.35. The van der Waals surface area contributed by atoms with Crippen LogP contribution in [0, 0.1) is 12.7 Å². The number of ether oxygens (including phenoxy) is 1. The molecule has 1 aliphatic rings. The highest BCUT2D eigenvalue weighted by molar-refractivity contribution is 9.10. The lowest BCUT2D eigenvalue weighted by molar-refractivity contribution is -0.139. The number of carboxylic acids is 1. The summed E-state index contributed by atoms with van der Waals surface area (Å²) >= 11 is 3.05. The van der Waals surface area contributed by atoms with E-state index >= 15 is 0 Å². The quantitative estimate of drug-likeness (QED) is 0.381. The van der Waals surface area contributed by atoms with E-state index in [2.05, 4.69) is 26.6 Å². The number of halogens is 2. The maximum Gasteiger partial charge on any atom is 0.407 e. The zero-order chi connectivity index (χ0) is 25.1. The Bertz CT molecular complexity index is 1270. The van der Waals surface area contributed by atoms with E-state index in [1.807, 2.05) is 48.5 Å². The number of carbonyl (C=O) groups is 3. The van der Waals surface area contributed by atoms with Crippen LogP contribution in [0.3, 0.4) is 0 Å². The lowest BCUT2D eigenvalue weighted by atomic mass is 9.98. The number of alkyl carbamates (subject to hydrolysis) is 1. The number of carbonyl (C=O) groups excluding carboxylic acids is 2. The van der Waals surface area contributed by atoms with Gasteiger partial charge in [-0.05, 0) is 62.8 Å². The van der Waals surface area contributed by atoms with Gasteiger partial charge in [0.25, 0.3) is 0 Å². The van der Waals surface area contributed by atoms with Gasteiger partial charge in [0.15, 0.2) is 0 Å². The molecule has 0 radical (unpaired) electrons. The van der Waals surface area contributed by atoms with Gasteiger partial charge < -0.3 is 20.5 Å². The van der Waals surface area contributed by atoms with E-state index in [-0.39, 0.29) is 22.7 Å². The minimum atomic E-state index is -1.40. The van der Waals surface area contributed by atoms with Crippen molar-refractivity contribution in [1.29, 1.82) is 0 Å². The SMILES string of the molecule is Cc1cc(F)c(Br)cc1NC(=O)C(CC(=O)O)NC(=O)OCC1c2ccccc2-c2ccccc21. The lowest BCUT2D eigenvalue weighted by Crippen LogP contribution is -2.45. The number of aryl methyl sites for hydroxylation is 1. The van der Waals surface area contributed by atoms with Crippen LogP contribution in [-0.2, 0) is 14.3 Å². The maximum atomic E-state index is 13.7. The fourth-order valence-electron chi connectivity index (χ4n) is 4.17. The summed E-state index contributed by atoms with van der Waals surface area (Å²) in [6.45, 7) is 1.61. The average molecular weight is 541 g/mol. The monoisotopic (exact) mass is 540 g/mol. The van der Waals surface area contributed by atoms with Gasteiger partial charge in [-0.1, -0.05) is 48.5 Å². The number of amides is 2. The number of nitrogens with one attached hydrogen (secondary N) is 2. The smallest absolute Gasteiger partial charge is 0.407 e. The van der Waals surface area contributed by atoms with E-state index in [1.165, 1.54) is 12.1 Å². The number of carboxylic acid groups (broad SMARTS) is 1.